The number of hydrogen-bond donors (Lipinski definition) is 4. The van der Waals surface area contributed by atoms with Crippen LogP contribution >= 0.6 is 0 Å². The molecule has 1 fully saturated rings. The first kappa shape index (κ1) is 29.6. The average molecular weight is 512 g/mol. The van der Waals surface area contributed by atoms with Crippen molar-refractivity contribution in [3.63, 3.8) is 0 Å². The van der Waals surface area contributed by atoms with Crippen molar-refractivity contribution in [3.05, 3.63) is 35.9 Å². The van der Waals surface area contributed by atoms with Gasteiger partial charge < -0.3 is 25.0 Å². The number of hydrogen-bond acceptors (Lipinski definition) is 7. The Morgan fingerprint density at radius 1 is 1.31 bits per heavy atom. The summed E-state index contributed by atoms with van der Waals surface area (Å²) in [4.78, 5) is 26.9. The lowest BCUT2D eigenvalue weighted by atomic mass is 9.76. The van der Waals surface area contributed by atoms with Crippen LogP contribution < -0.4 is 10.6 Å². The molecule has 2 amide bonds. The molecule has 0 aliphatic carbocycles. The highest BCUT2D eigenvalue weighted by Crippen LogP contribution is 2.21. The minimum Gasteiger partial charge on any atom is -0.426 e. The molecule has 1 heterocycles. The Kier molecular flexibility index (Phi) is 11.6. The first-order valence-corrected chi connectivity index (χ1v) is 11.8. The maximum Gasteiger partial charge on any atom is 0.475 e. The van der Waals surface area contributed by atoms with Crippen LogP contribution in [0.1, 0.15) is 31.7 Å². The lowest BCUT2D eigenvalue weighted by molar-refractivity contribution is -0.138. The Morgan fingerprint density at radius 2 is 2.00 bits per heavy atom. The zero-order valence-corrected chi connectivity index (χ0v) is 20.1. The van der Waals surface area contributed by atoms with Crippen LogP contribution in [0.4, 0.5) is 13.2 Å². The number of carbonyl (C=O) groups is 2. The van der Waals surface area contributed by atoms with Gasteiger partial charge in [0.05, 0.1) is 37.8 Å². The van der Waals surface area contributed by atoms with Gasteiger partial charge in [-0.1, -0.05) is 37.3 Å². The van der Waals surface area contributed by atoms with Gasteiger partial charge in [0.2, 0.25) is 11.8 Å². The van der Waals surface area contributed by atoms with Crippen LogP contribution in [0.15, 0.2) is 30.3 Å². The van der Waals surface area contributed by atoms with Crippen LogP contribution in [-0.2, 0) is 20.7 Å². The monoisotopic (exact) mass is 512 g/mol. The van der Waals surface area contributed by atoms with Gasteiger partial charge in [0.1, 0.15) is 12.0 Å². The van der Waals surface area contributed by atoms with E-state index < -0.39 is 50.3 Å². The first-order chi connectivity index (χ1) is 17.1. The second-order valence-corrected chi connectivity index (χ2v) is 8.72. The van der Waals surface area contributed by atoms with Crippen molar-refractivity contribution in [2.75, 3.05) is 26.3 Å². The third kappa shape index (κ3) is 9.42. The van der Waals surface area contributed by atoms with Gasteiger partial charge in [0, 0.05) is 6.54 Å². The molecular formula is C23H32BF3N4O5. The summed E-state index contributed by atoms with van der Waals surface area (Å²) in [5.74, 6) is -3.13. The number of carbonyl (C=O) groups excluding carboxylic acids is 2. The summed E-state index contributed by atoms with van der Waals surface area (Å²) in [6.07, 6.45) is -2.86. The van der Waals surface area contributed by atoms with E-state index in [9.17, 15) is 38.1 Å². The maximum atomic E-state index is 12.8. The highest BCUT2D eigenvalue weighted by molar-refractivity contribution is 6.43. The lowest BCUT2D eigenvalue weighted by Crippen LogP contribution is -2.56. The van der Waals surface area contributed by atoms with Gasteiger partial charge >= 0.3 is 13.3 Å². The van der Waals surface area contributed by atoms with Crippen LogP contribution in [0.25, 0.3) is 0 Å². The summed E-state index contributed by atoms with van der Waals surface area (Å²) < 4.78 is 44.0. The molecule has 1 saturated heterocycles. The topological polar surface area (TPSA) is 135 Å². The zero-order valence-electron chi connectivity index (χ0n) is 20.1. The molecule has 0 radical (unpaired) electrons. The highest BCUT2D eigenvalue weighted by atomic mass is 19.4. The number of halogens is 3. The quantitative estimate of drug-likeness (QED) is 0.287. The van der Waals surface area contributed by atoms with Gasteiger partial charge in [-0.25, -0.2) is 0 Å². The first-order valence-electron chi connectivity index (χ1n) is 11.8. The molecule has 0 aromatic heterocycles. The summed E-state index contributed by atoms with van der Waals surface area (Å²) in [5, 5.41) is 33.1. The Labute approximate surface area is 208 Å². The number of nitrogens with zero attached hydrogens (tertiary/aromatic N) is 2. The third-order valence-electron chi connectivity index (χ3n) is 5.97. The van der Waals surface area contributed by atoms with Crippen molar-refractivity contribution in [3.8, 4) is 6.07 Å². The van der Waals surface area contributed by atoms with Crippen LogP contribution in [0.5, 0.6) is 0 Å². The summed E-state index contributed by atoms with van der Waals surface area (Å²) in [7, 11) is -1.94. The minimum atomic E-state index is -4.58. The van der Waals surface area contributed by atoms with E-state index in [0.29, 0.717) is 31.4 Å². The fourth-order valence-corrected chi connectivity index (χ4v) is 3.99. The second kappa shape index (κ2) is 14.2. The lowest BCUT2D eigenvalue weighted by Gasteiger charge is -2.27. The number of benzene rings is 1. The van der Waals surface area contributed by atoms with E-state index in [1.54, 1.807) is 42.2 Å². The molecule has 0 bridgehead atoms. The molecule has 1 unspecified atom stereocenters. The van der Waals surface area contributed by atoms with E-state index in [2.05, 4.69) is 10.6 Å². The molecular weight excluding hydrogens is 480 g/mol. The van der Waals surface area contributed by atoms with Crippen LogP contribution in [0.2, 0.25) is 0 Å². The largest absolute Gasteiger partial charge is 0.475 e. The fraction of sp³-hybridized carbons (Fsp3) is 0.609. The van der Waals surface area contributed by atoms with Gasteiger partial charge in [0.25, 0.3) is 0 Å². The van der Waals surface area contributed by atoms with E-state index in [1.165, 1.54) is 0 Å². The number of amides is 2. The zero-order chi connectivity index (χ0) is 26.7. The summed E-state index contributed by atoms with van der Waals surface area (Å²) >= 11 is 0. The van der Waals surface area contributed by atoms with Crippen molar-refractivity contribution in [1.82, 2.24) is 15.5 Å². The standard InChI is InChI=1S/C23H32BF3N4O5/c1-2-17(12-28)22(33)31-10-6-9-18(31)13-36-14-19(29-15-23(25,26)27)21(32)30-20(24(34)35)11-16-7-4-3-5-8-16/h3-5,7-8,17-20,29,34-35H,2,6,9-11,13-15H2,1H3,(H,30,32)/t17?,18-,19+,20+/m1/s1. The number of alkyl halides is 3. The van der Waals surface area contributed by atoms with Crippen LogP contribution in [0, 0.1) is 17.2 Å². The molecule has 4 N–H and O–H groups in total. The van der Waals surface area contributed by atoms with E-state index in [1.807, 2.05) is 6.07 Å². The summed E-state index contributed by atoms with van der Waals surface area (Å²) in [5.41, 5.74) is 0.695. The molecule has 36 heavy (non-hydrogen) atoms. The fourth-order valence-electron chi connectivity index (χ4n) is 3.99. The van der Waals surface area contributed by atoms with E-state index in [0.717, 1.165) is 0 Å². The molecule has 198 valence electrons. The molecule has 1 aromatic rings. The summed E-state index contributed by atoms with van der Waals surface area (Å²) in [6, 6.07) is 8.85. The number of nitriles is 1. The molecule has 4 atom stereocenters. The maximum absolute atomic E-state index is 12.8. The van der Waals surface area contributed by atoms with Crippen LogP contribution in [-0.4, -0.2) is 84.4 Å². The normalized spacial score (nSPS) is 18.2. The predicted octanol–water partition coefficient (Wildman–Crippen LogP) is 0.804. The van der Waals surface area contributed by atoms with Crippen molar-refractivity contribution in [2.45, 2.75) is 56.8 Å². The summed E-state index contributed by atoms with van der Waals surface area (Å²) in [6.45, 7) is 0.290. The minimum absolute atomic E-state index is 0.0127. The molecule has 1 aromatic carbocycles. The molecule has 1 aliphatic heterocycles. The Balaban J connectivity index is 2.01. The molecule has 1 aliphatic rings. The van der Waals surface area contributed by atoms with Crippen molar-refractivity contribution in [2.24, 2.45) is 5.92 Å². The SMILES string of the molecule is CCC(C#N)C(=O)N1CCC[C@@H]1COC[C@H](NCC(F)(F)F)C(=O)N[C@@H](Cc1ccccc1)B(O)O. The third-order valence-corrected chi connectivity index (χ3v) is 5.97. The average Bonchev–Trinajstić information content (AvgIpc) is 3.30. The second-order valence-electron chi connectivity index (χ2n) is 8.72. The Hall–Kier alpha value is -2.66. The number of rotatable bonds is 13. The van der Waals surface area contributed by atoms with Crippen molar-refractivity contribution >= 4 is 18.9 Å². The van der Waals surface area contributed by atoms with Gasteiger partial charge in [-0.05, 0) is 31.2 Å². The van der Waals surface area contributed by atoms with E-state index in [4.69, 9.17) is 4.74 Å². The van der Waals surface area contributed by atoms with Gasteiger partial charge in [-0.3, -0.25) is 14.9 Å². The van der Waals surface area contributed by atoms with Gasteiger partial charge in [-0.2, -0.15) is 18.4 Å². The van der Waals surface area contributed by atoms with E-state index in [-0.39, 0.29) is 25.0 Å². The predicted molar refractivity (Wildman–Crippen MR) is 125 cm³/mol. The van der Waals surface area contributed by atoms with Gasteiger partial charge in [-0.15, -0.1) is 0 Å². The molecule has 13 heteroatoms. The Bertz CT molecular complexity index is 885. The van der Waals surface area contributed by atoms with E-state index >= 15 is 0 Å². The Morgan fingerprint density at radius 3 is 2.58 bits per heavy atom. The van der Waals surface area contributed by atoms with Crippen molar-refractivity contribution in [1.29, 1.82) is 5.26 Å². The highest BCUT2D eigenvalue weighted by Gasteiger charge is 2.35. The smallest absolute Gasteiger partial charge is 0.426 e. The molecule has 0 saturated carbocycles. The number of nitrogens with one attached hydrogen (secondary N) is 2. The molecule has 2 rings (SSSR count). The molecule has 9 nitrogen and oxygen atoms in total. The molecule has 0 spiro atoms. The number of ether oxygens (including phenoxy) is 1. The number of likely N-dealkylation sites (tertiary alicyclic amines) is 1. The van der Waals surface area contributed by atoms with Crippen molar-refractivity contribution < 1.29 is 37.5 Å². The van der Waals surface area contributed by atoms with Gasteiger partial charge in [0.15, 0.2) is 0 Å². The van der Waals surface area contributed by atoms with Crippen LogP contribution in [0.3, 0.4) is 0 Å².